The van der Waals surface area contributed by atoms with E-state index in [1.165, 1.54) is 4.90 Å². The number of hydrogen-bond donors (Lipinski definition) is 3. The molecule has 2 saturated heterocycles. The molecule has 3 fully saturated rings. The molecule has 0 aromatic carbocycles. The molecule has 322 valence electrons. The Morgan fingerprint density at radius 3 is 2.32 bits per heavy atom. The van der Waals surface area contributed by atoms with E-state index < -0.39 is 72.0 Å². The van der Waals surface area contributed by atoms with E-state index in [0.29, 0.717) is 45.1 Å². The number of nitriles is 1. The average Bonchev–Trinajstić information content (AvgIpc) is 3.19. The molecule has 0 spiro atoms. The molecule has 4 rings (SSSR count). The predicted molar refractivity (Wildman–Crippen MR) is 217 cm³/mol. The number of piperidine rings is 1. The van der Waals surface area contributed by atoms with Crippen molar-refractivity contribution >= 4 is 11.7 Å². The quantitative estimate of drug-likeness (QED) is 0.168. The van der Waals surface area contributed by atoms with Crippen LogP contribution in [0.5, 0.6) is 0 Å². The highest BCUT2D eigenvalue weighted by molar-refractivity contribution is 6.38. The Hall–Kier alpha value is -2.47. The number of ether oxygens (including phenoxy) is 5. The zero-order chi connectivity index (χ0) is 42.0. The second kappa shape index (κ2) is 21.7. The van der Waals surface area contributed by atoms with E-state index in [4.69, 9.17) is 23.7 Å². The molecule has 0 aromatic heterocycles. The third kappa shape index (κ3) is 11.6. The number of allylic oxidation sites excluding steroid dienone is 4. The van der Waals surface area contributed by atoms with Gasteiger partial charge < -0.3 is 43.9 Å². The molecule has 0 aromatic rings. The van der Waals surface area contributed by atoms with Gasteiger partial charge in [0.25, 0.3) is 11.7 Å². The standard InChI is InChI=1S/C45H72N2O10/c1-10-33-20-27(2)19-28(3)21-39(54-8)42-40(55-9)23-30(5)45(52,57-42)43(50)44(51)47-18-12-11-13-35(47)26-56-41(31(6)37(49)25-34(33)16-17-46)29(4)22-32-14-15-36(48)38(24-32)53-7/h16,20,22,28,30-33,35-42,48-49,52H,10-15,18-19,21,23-26H2,1-9H3. The third-order valence-electron chi connectivity index (χ3n) is 13.3. The van der Waals surface area contributed by atoms with Crippen molar-refractivity contribution in [2.75, 3.05) is 34.5 Å². The van der Waals surface area contributed by atoms with Gasteiger partial charge >= 0.3 is 0 Å². The van der Waals surface area contributed by atoms with Gasteiger partial charge in [-0.3, -0.25) is 9.59 Å². The topological polar surface area (TPSA) is 168 Å². The van der Waals surface area contributed by atoms with Crippen molar-refractivity contribution in [1.82, 2.24) is 4.90 Å². The van der Waals surface area contributed by atoms with Gasteiger partial charge in [0.1, 0.15) is 6.10 Å². The molecular formula is C45H72N2O10. The number of aliphatic hydroxyl groups is 3. The summed E-state index contributed by atoms with van der Waals surface area (Å²) in [5, 5.41) is 44.4. The van der Waals surface area contributed by atoms with Gasteiger partial charge in [-0.1, -0.05) is 51.0 Å². The first-order chi connectivity index (χ1) is 27.1. The molecule has 0 radical (unpaired) electrons. The Balaban J connectivity index is 1.77. The van der Waals surface area contributed by atoms with E-state index >= 15 is 0 Å². The summed E-state index contributed by atoms with van der Waals surface area (Å²) in [6.45, 7) is 12.4. The van der Waals surface area contributed by atoms with Crippen molar-refractivity contribution in [1.29, 1.82) is 5.26 Å². The highest BCUT2D eigenvalue weighted by Gasteiger charge is 2.56. The van der Waals surface area contributed by atoms with Crippen LogP contribution in [-0.2, 0) is 33.3 Å². The number of rotatable bonds is 6. The van der Waals surface area contributed by atoms with E-state index in [1.807, 2.05) is 13.8 Å². The minimum Gasteiger partial charge on any atom is -0.392 e. The highest BCUT2D eigenvalue weighted by atomic mass is 16.7. The predicted octanol–water partition coefficient (Wildman–Crippen LogP) is 5.83. The summed E-state index contributed by atoms with van der Waals surface area (Å²) in [7, 11) is 4.77. The van der Waals surface area contributed by atoms with Gasteiger partial charge in [-0.05, 0) is 108 Å². The average molecular weight is 801 g/mol. The number of aliphatic hydroxyl groups excluding tert-OH is 2. The lowest BCUT2D eigenvalue weighted by atomic mass is 9.81. The van der Waals surface area contributed by atoms with Crippen LogP contribution in [0.15, 0.2) is 34.9 Å². The fourth-order valence-corrected chi connectivity index (χ4v) is 9.84. The van der Waals surface area contributed by atoms with Gasteiger partial charge in [0.2, 0.25) is 5.79 Å². The summed E-state index contributed by atoms with van der Waals surface area (Å²) in [6.07, 6.45) is 8.69. The maximum atomic E-state index is 14.3. The minimum absolute atomic E-state index is 0.0643. The third-order valence-corrected chi connectivity index (χ3v) is 13.3. The molecule has 12 heteroatoms. The molecule has 14 unspecified atom stereocenters. The largest absolute Gasteiger partial charge is 0.392 e. The summed E-state index contributed by atoms with van der Waals surface area (Å²) >= 11 is 0. The van der Waals surface area contributed by atoms with Crippen molar-refractivity contribution in [2.45, 2.75) is 167 Å². The SMILES string of the molecule is CCC1C=C(C)CC(C)CC(OC)C2OC(O)(C(=O)C(=O)N3CCCCC3COC(C(C)=CC3CCC(O)C(OC)C3)C(C)C(O)CC1=CC#N)C(C)CC2OC. The number of hydrogen-bond acceptors (Lipinski definition) is 11. The van der Waals surface area contributed by atoms with Crippen molar-refractivity contribution in [2.24, 2.45) is 29.6 Å². The Kier molecular flexibility index (Phi) is 18.0. The molecular weight excluding hydrogens is 728 g/mol. The van der Waals surface area contributed by atoms with E-state index in [2.05, 4.69) is 39.0 Å². The second-order valence-electron chi connectivity index (χ2n) is 17.6. The number of amides is 1. The maximum absolute atomic E-state index is 14.3. The van der Waals surface area contributed by atoms with Crippen LogP contribution in [0.4, 0.5) is 0 Å². The smallest absolute Gasteiger partial charge is 0.296 e. The van der Waals surface area contributed by atoms with Gasteiger partial charge in [0.15, 0.2) is 0 Å². The number of carbonyl (C=O) groups is 2. The summed E-state index contributed by atoms with van der Waals surface area (Å²) in [6, 6.07) is 1.78. The molecule has 4 aliphatic rings. The van der Waals surface area contributed by atoms with Crippen LogP contribution in [0.2, 0.25) is 0 Å². The Labute approximate surface area is 341 Å². The maximum Gasteiger partial charge on any atom is 0.296 e. The minimum atomic E-state index is -2.37. The zero-order valence-corrected chi connectivity index (χ0v) is 36.0. The fraction of sp³-hybridized carbons (Fsp3) is 0.800. The molecule has 1 saturated carbocycles. The highest BCUT2D eigenvalue weighted by Crippen LogP contribution is 2.39. The summed E-state index contributed by atoms with van der Waals surface area (Å²) < 4.78 is 30.5. The fourth-order valence-electron chi connectivity index (χ4n) is 9.84. The number of methoxy groups -OCH3 is 3. The van der Waals surface area contributed by atoms with E-state index in [-0.39, 0.29) is 36.9 Å². The molecule has 1 amide bonds. The van der Waals surface area contributed by atoms with Crippen LogP contribution in [0.1, 0.15) is 112 Å². The number of fused-ring (bicyclic) bond motifs is 3. The molecule has 3 heterocycles. The van der Waals surface area contributed by atoms with Crippen molar-refractivity contribution in [3.05, 3.63) is 34.9 Å². The first kappa shape index (κ1) is 47.2. The first-order valence-electron chi connectivity index (χ1n) is 21.4. The van der Waals surface area contributed by atoms with Crippen LogP contribution in [-0.4, -0.2) is 121 Å². The van der Waals surface area contributed by atoms with Crippen molar-refractivity contribution in [3.63, 3.8) is 0 Å². The Bertz CT molecular complexity index is 1470. The van der Waals surface area contributed by atoms with Crippen LogP contribution >= 0.6 is 0 Å². The number of Topliss-reactive ketones (excluding diaryl/α,β-unsaturated/α-hetero) is 1. The first-order valence-corrected chi connectivity index (χ1v) is 21.4. The lowest BCUT2D eigenvalue weighted by Gasteiger charge is -2.47. The van der Waals surface area contributed by atoms with Crippen molar-refractivity contribution in [3.8, 4) is 6.07 Å². The molecule has 3 aliphatic heterocycles. The summed E-state index contributed by atoms with van der Waals surface area (Å²) in [5.74, 6) is -5.14. The van der Waals surface area contributed by atoms with E-state index in [0.717, 1.165) is 42.4 Å². The summed E-state index contributed by atoms with van der Waals surface area (Å²) in [5.41, 5.74) is 2.91. The molecule has 1 aliphatic carbocycles. The number of ketones is 1. The van der Waals surface area contributed by atoms with E-state index in [9.17, 15) is 30.2 Å². The van der Waals surface area contributed by atoms with Crippen LogP contribution in [0.3, 0.4) is 0 Å². The lowest BCUT2D eigenvalue weighted by molar-refractivity contribution is -0.302. The second-order valence-corrected chi connectivity index (χ2v) is 17.6. The lowest BCUT2D eigenvalue weighted by Crippen LogP contribution is -2.64. The summed E-state index contributed by atoms with van der Waals surface area (Å²) in [4.78, 5) is 30.1. The van der Waals surface area contributed by atoms with Gasteiger partial charge in [-0.2, -0.15) is 5.26 Å². The van der Waals surface area contributed by atoms with Crippen LogP contribution < -0.4 is 0 Å². The van der Waals surface area contributed by atoms with Gasteiger partial charge in [0, 0.05) is 45.8 Å². The Morgan fingerprint density at radius 1 is 0.982 bits per heavy atom. The number of nitrogens with zero attached hydrogens (tertiary/aromatic N) is 2. The van der Waals surface area contributed by atoms with Gasteiger partial charge in [0.05, 0.1) is 55.3 Å². The molecule has 57 heavy (non-hydrogen) atoms. The molecule has 3 N–H and O–H groups in total. The van der Waals surface area contributed by atoms with E-state index in [1.54, 1.807) is 34.3 Å². The monoisotopic (exact) mass is 801 g/mol. The zero-order valence-electron chi connectivity index (χ0n) is 36.0. The molecule has 14 atom stereocenters. The van der Waals surface area contributed by atoms with Crippen LogP contribution in [0, 0.1) is 40.9 Å². The van der Waals surface area contributed by atoms with Gasteiger partial charge in [-0.25, -0.2) is 0 Å². The normalized spacial score (nSPS) is 40.8. The Morgan fingerprint density at radius 2 is 1.67 bits per heavy atom. The number of carbonyl (C=O) groups excluding carboxylic acids is 2. The van der Waals surface area contributed by atoms with Crippen molar-refractivity contribution < 1.29 is 48.6 Å². The molecule has 12 nitrogen and oxygen atoms in total. The van der Waals surface area contributed by atoms with Gasteiger partial charge in [-0.15, -0.1) is 0 Å². The van der Waals surface area contributed by atoms with Crippen LogP contribution in [0.25, 0.3) is 0 Å². The molecule has 2 bridgehead atoms.